The number of nitrogens with zero attached hydrogens (tertiary/aromatic N) is 2. The summed E-state index contributed by atoms with van der Waals surface area (Å²) in [4.78, 5) is 28.0. The van der Waals surface area contributed by atoms with Crippen molar-refractivity contribution in [2.24, 2.45) is 4.99 Å². The number of carboxylic acids is 1. The first-order valence-corrected chi connectivity index (χ1v) is 11.0. The zero-order chi connectivity index (χ0) is 21.4. The first kappa shape index (κ1) is 21.4. The number of aliphatic carboxylic acids is 1. The molecule has 2 atom stereocenters. The molecular formula is C16H15F3N2O6S2. The highest BCUT2D eigenvalue weighted by Crippen LogP contribution is 2.41. The third-order valence-corrected chi connectivity index (χ3v) is 7.40. The average molecular weight is 452 g/mol. The van der Waals surface area contributed by atoms with Crippen LogP contribution in [0.1, 0.15) is 12.8 Å². The first-order chi connectivity index (χ1) is 13.4. The molecule has 0 aliphatic carbocycles. The molecule has 2 aliphatic rings. The average Bonchev–Trinajstić information content (AvgIpc) is 3.03. The SMILES string of the molecule is O=C(O)CCC(=O)N=C1S[C@@H]2CS(=O)(=O)C[C@@H]2N1c1ccc(OC(F)(F)F)cc1. The Bertz CT molecular complexity index is 946. The van der Waals surface area contributed by atoms with Crippen LogP contribution in [-0.2, 0) is 19.4 Å². The topological polar surface area (TPSA) is 113 Å². The van der Waals surface area contributed by atoms with Gasteiger partial charge in [0.05, 0.1) is 24.0 Å². The maximum absolute atomic E-state index is 12.3. The molecule has 1 aromatic carbocycles. The van der Waals surface area contributed by atoms with Crippen molar-refractivity contribution in [2.75, 3.05) is 16.4 Å². The number of rotatable bonds is 5. The first-order valence-electron chi connectivity index (χ1n) is 8.29. The van der Waals surface area contributed by atoms with Crippen molar-refractivity contribution in [1.82, 2.24) is 0 Å². The fourth-order valence-electron chi connectivity index (χ4n) is 3.05. The quantitative estimate of drug-likeness (QED) is 0.722. The van der Waals surface area contributed by atoms with Gasteiger partial charge in [-0.2, -0.15) is 4.99 Å². The second-order valence-corrected chi connectivity index (χ2v) is 9.75. The highest BCUT2D eigenvalue weighted by molar-refractivity contribution is 8.16. The Morgan fingerprint density at radius 1 is 1.21 bits per heavy atom. The van der Waals surface area contributed by atoms with E-state index < -0.39 is 51.5 Å². The lowest BCUT2D eigenvalue weighted by molar-refractivity contribution is -0.274. The molecular weight excluding hydrogens is 437 g/mol. The highest BCUT2D eigenvalue weighted by Gasteiger charge is 2.49. The minimum Gasteiger partial charge on any atom is -0.481 e. The maximum Gasteiger partial charge on any atom is 0.573 e. The molecule has 13 heteroatoms. The molecule has 0 spiro atoms. The van der Waals surface area contributed by atoms with E-state index in [0.29, 0.717) is 5.69 Å². The smallest absolute Gasteiger partial charge is 0.481 e. The molecule has 1 amide bonds. The number of carbonyl (C=O) groups is 2. The standard InChI is InChI=1S/C16H15F3N2O6S2/c17-16(18,19)27-10-3-1-9(2-4-10)21-11-7-29(25,26)8-12(11)28-15(21)20-13(22)5-6-14(23)24/h1-4,11-12H,5-8H2,(H,23,24)/t11-,12+/m0/s1. The summed E-state index contributed by atoms with van der Waals surface area (Å²) in [6.07, 6.45) is -5.57. The van der Waals surface area contributed by atoms with Crippen LogP contribution < -0.4 is 9.64 Å². The minimum atomic E-state index is -4.85. The number of amides is 1. The zero-order valence-corrected chi connectivity index (χ0v) is 16.3. The number of aliphatic imine (C=N–C) groups is 1. The van der Waals surface area contributed by atoms with Gasteiger partial charge < -0.3 is 14.7 Å². The Labute approximate surface area is 167 Å². The molecule has 0 bridgehead atoms. The monoisotopic (exact) mass is 452 g/mol. The Hall–Kier alpha value is -2.28. The van der Waals surface area contributed by atoms with E-state index in [1.807, 2.05) is 0 Å². The second kappa shape index (κ2) is 7.86. The molecule has 3 rings (SSSR count). The van der Waals surface area contributed by atoms with Crippen LogP contribution in [0.25, 0.3) is 0 Å². The summed E-state index contributed by atoms with van der Waals surface area (Å²) in [6, 6.07) is 4.24. The van der Waals surface area contributed by atoms with Crippen molar-refractivity contribution < 1.29 is 41.0 Å². The van der Waals surface area contributed by atoms with Crippen LogP contribution in [0.15, 0.2) is 29.3 Å². The van der Waals surface area contributed by atoms with Gasteiger partial charge in [-0.05, 0) is 24.3 Å². The highest BCUT2D eigenvalue weighted by atomic mass is 32.2. The van der Waals surface area contributed by atoms with Crippen molar-refractivity contribution in [3.63, 3.8) is 0 Å². The van der Waals surface area contributed by atoms with Crippen molar-refractivity contribution in [2.45, 2.75) is 30.5 Å². The minimum absolute atomic E-state index is 0.115. The van der Waals surface area contributed by atoms with Gasteiger partial charge in [-0.15, -0.1) is 13.2 Å². The van der Waals surface area contributed by atoms with E-state index in [9.17, 15) is 31.2 Å². The Morgan fingerprint density at radius 2 is 1.86 bits per heavy atom. The van der Waals surface area contributed by atoms with Crippen LogP contribution >= 0.6 is 11.8 Å². The summed E-state index contributed by atoms with van der Waals surface area (Å²) < 4.78 is 64.8. The van der Waals surface area contributed by atoms with E-state index in [0.717, 1.165) is 23.9 Å². The van der Waals surface area contributed by atoms with Crippen LogP contribution in [0, 0.1) is 0 Å². The summed E-state index contributed by atoms with van der Waals surface area (Å²) in [7, 11) is -3.31. The zero-order valence-electron chi connectivity index (χ0n) is 14.6. The predicted octanol–water partition coefficient (Wildman–Crippen LogP) is 2.05. The van der Waals surface area contributed by atoms with Crippen LogP contribution in [0.3, 0.4) is 0 Å². The molecule has 0 unspecified atom stereocenters. The van der Waals surface area contributed by atoms with Gasteiger partial charge in [0, 0.05) is 17.4 Å². The van der Waals surface area contributed by atoms with Gasteiger partial charge in [0.2, 0.25) is 5.91 Å². The van der Waals surface area contributed by atoms with Crippen LogP contribution in [0.2, 0.25) is 0 Å². The van der Waals surface area contributed by atoms with Crippen LogP contribution in [0.5, 0.6) is 5.75 Å². The summed E-state index contributed by atoms with van der Waals surface area (Å²) in [5.74, 6) is -2.58. The maximum atomic E-state index is 12.3. The number of sulfone groups is 1. The lowest BCUT2D eigenvalue weighted by atomic mass is 10.2. The lowest BCUT2D eigenvalue weighted by Gasteiger charge is -2.24. The number of carboxylic acid groups (broad SMARTS) is 1. The Balaban J connectivity index is 1.88. The molecule has 2 saturated heterocycles. The summed E-state index contributed by atoms with van der Waals surface area (Å²) in [5, 5.41) is 8.47. The van der Waals surface area contributed by atoms with E-state index in [4.69, 9.17) is 5.11 Å². The molecule has 1 N–H and O–H groups in total. The van der Waals surface area contributed by atoms with E-state index in [1.54, 1.807) is 0 Å². The number of carbonyl (C=O) groups excluding carboxylic acids is 1. The largest absolute Gasteiger partial charge is 0.573 e. The van der Waals surface area contributed by atoms with Gasteiger partial charge in [0.1, 0.15) is 5.75 Å². The number of halogens is 3. The van der Waals surface area contributed by atoms with Crippen molar-refractivity contribution in [3.8, 4) is 5.75 Å². The molecule has 0 saturated carbocycles. The number of amidine groups is 1. The van der Waals surface area contributed by atoms with Crippen molar-refractivity contribution >= 4 is 44.3 Å². The van der Waals surface area contributed by atoms with Crippen LogP contribution in [-0.4, -0.2) is 59.7 Å². The van der Waals surface area contributed by atoms with E-state index in [1.165, 1.54) is 17.0 Å². The van der Waals surface area contributed by atoms with Gasteiger partial charge in [0.25, 0.3) is 0 Å². The Morgan fingerprint density at radius 3 is 2.45 bits per heavy atom. The number of hydrogen-bond acceptors (Lipinski definition) is 6. The summed E-state index contributed by atoms with van der Waals surface area (Å²) in [6.45, 7) is 0. The van der Waals surface area contributed by atoms with Gasteiger partial charge in [-0.3, -0.25) is 9.59 Å². The lowest BCUT2D eigenvalue weighted by Crippen LogP contribution is -2.37. The van der Waals surface area contributed by atoms with Crippen molar-refractivity contribution in [3.05, 3.63) is 24.3 Å². The molecule has 29 heavy (non-hydrogen) atoms. The number of benzene rings is 1. The van der Waals surface area contributed by atoms with Gasteiger partial charge in [-0.25, -0.2) is 8.42 Å². The fraction of sp³-hybridized carbons (Fsp3) is 0.438. The molecule has 2 heterocycles. The fourth-order valence-corrected chi connectivity index (χ4v) is 6.98. The molecule has 0 aromatic heterocycles. The number of thioether (sulfide) groups is 1. The normalized spacial score (nSPS) is 24.5. The number of ether oxygens (including phenoxy) is 1. The van der Waals surface area contributed by atoms with E-state index in [2.05, 4.69) is 9.73 Å². The molecule has 2 fully saturated rings. The Kier molecular flexibility index (Phi) is 5.81. The number of alkyl halides is 3. The van der Waals surface area contributed by atoms with E-state index in [-0.39, 0.29) is 23.1 Å². The second-order valence-electron chi connectivity index (χ2n) is 6.39. The molecule has 8 nitrogen and oxygen atoms in total. The third kappa shape index (κ3) is 5.41. The van der Waals surface area contributed by atoms with Crippen molar-refractivity contribution in [1.29, 1.82) is 0 Å². The van der Waals surface area contributed by atoms with E-state index >= 15 is 0 Å². The molecule has 1 aromatic rings. The number of fused-ring (bicyclic) bond motifs is 1. The van der Waals surface area contributed by atoms with Crippen LogP contribution in [0.4, 0.5) is 18.9 Å². The van der Waals surface area contributed by atoms with Gasteiger partial charge in [0.15, 0.2) is 15.0 Å². The predicted molar refractivity (Wildman–Crippen MR) is 98.7 cm³/mol. The number of anilines is 1. The summed E-state index contributed by atoms with van der Waals surface area (Å²) >= 11 is 1.08. The molecule has 2 aliphatic heterocycles. The number of hydrogen-bond donors (Lipinski definition) is 1. The van der Waals surface area contributed by atoms with Gasteiger partial charge in [-0.1, -0.05) is 11.8 Å². The molecule has 158 valence electrons. The molecule has 0 radical (unpaired) electrons. The summed E-state index contributed by atoms with van der Waals surface area (Å²) in [5.41, 5.74) is 0.349. The third-order valence-electron chi connectivity index (χ3n) is 4.19. The van der Waals surface area contributed by atoms with Gasteiger partial charge >= 0.3 is 12.3 Å².